The van der Waals surface area contributed by atoms with Crippen molar-refractivity contribution in [2.45, 2.75) is 0 Å². The number of H-pyrrole nitrogens is 1. The van der Waals surface area contributed by atoms with Gasteiger partial charge in [0.05, 0.1) is 10.7 Å². The Morgan fingerprint density at radius 1 is 1.45 bits per heavy atom. The van der Waals surface area contributed by atoms with Gasteiger partial charge in [0.25, 0.3) is 5.91 Å². The molecule has 0 saturated heterocycles. The lowest BCUT2D eigenvalue weighted by Gasteiger charge is -1.80. The summed E-state index contributed by atoms with van der Waals surface area (Å²) in [6.45, 7) is 0. The number of hydrogen-bond donors (Lipinski definition) is 1. The second-order valence-electron chi connectivity index (χ2n) is 2.11. The smallest absolute Gasteiger partial charge is 0.291 e. The second kappa shape index (κ2) is 2.09. The van der Waals surface area contributed by atoms with Crippen molar-refractivity contribution < 1.29 is 4.79 Å². The maximum Gasteiger partial charge on any atom is 0.291 e. The van der Waals surface area contributed by atoms with Crippen LogP contribution in [0.3, 0.4) is 0 Å². The van der Waals surface area contributed by atoms with E-state index in [0.29, 0.717) is 15.9 Å². The summed E-state index contributed by atoms with van der Waals surface area (Å²) in [7, 11) is 0. The lowest BCUT2D eigenvalue weighted by atomic mass is 10.5. The first-order valence-electron chi connectivity index (χ1n) is 2.86. The monoisotopic (exact) mass is 188 g/mol. The van der Waals surface area contributed by atoms with Crippen LogP contribution in [0.25, 0.3) is 5.03 Å². The number of halogens is 2. The summed E-state index contributed by atoms with van der Waals surface area (Å²) in [5, 5.41) is 1.57. The molecule has 1 aliphatic rings. The Labute approximate surface area is 71.3 Å². The third-order valence-corrected chi connectivity index (χ3v) is 1.95. The quantitative estimate of drug-likeness (QED) is 0.621. The number of aromatic amines is 1. The minimum absolute atomic E-state index is 0.104. The fourth-order valence-corrected chi connectivity index (χ4v) is 1.32. The normalized spacial score (nSPS) is 15.1. The lowest BCUT2D eigenvalue weighted by Crippen LogP contribution is -2.19. The predicted octanol–water partition coefficient (Wildman–Crippen LogP) is 0.175. The van der Waals surface area contributed by atoms with Crippen LogP contribution in [0.1, 0.15) is 0 Å². The Hall–Kier alpha value is -0.800. The first kappa shape index (κ1) is 6.88. The Kier molecular flexibility index (Phi) is 1.31. The zero-order valence-electron chi connectivity index (χ0n) is 5.19. The molecule has 3 nitrogen and oxygen atoms in total. The molecular weight excluding hydrogens is 187 g/mol. The van der Waals surface area contributed by atoms with Gasteiger partial charge in [0.2, 0.25) is 0 Å². The van der Waals surface area contributed by atoms with E-state index in [1.165, 1.54) is 0 Å². The van der Waals surface area contributed by atoms with Gasteiger partial charge < -0.3 is 4.98 Å². The van der Waals surface area contributed by atoms with Crippen LogP contribution in [-0.4, -0.2) is 10.9 Å². The van der Waals surface area contributed by atoms with Crippen molar-refractivity contribution >= 4 is 34.1 Å². The van der Waals surface area contributed by atoms with Gasteiger partial charge in [0, 0.05) is 6.07 Å². The van der Waals surface area contributed by atoms with Crippen molar-refractivity contribution in [1.82, 2.24) is 4.98 Å². The number of rotatable bonds is 0. The molecule has 1 aromatic rings. The molecule has 0 aliphatic carbocycles. The van der Waals surface area contributed by atoms with Crippen LogP contribution in [0.15, 0.2) is 11.1 Å². The van der Waals surface area contributed by atoms with Gasteiger partial charge in [0.15, 0.2) is 0 Å². The molecule has 0 saturated carbocycles. The molecule has 0 spiro atoms. The van der Waals surface area contributed by atoms with Crippen LogP contribution in [0.5, 0.6) is 0 Å². The molecule has 0 fully saturated rings. The van der Waals surface area contributed by atoms with Gasteiger partial charge in [-0.3, -0.25) is 4.79 Å². The Morgan fingerprint density at radius 3 is 2.82 bits per heavy atom. The number of carbonyl (C=O) groups excluding carboxylic acids is 1. The van der Waals surface area contributed by atoms with Crippen molar-refractivity contribution in [3.8, 4) is 0 Å². The summed E-state index contributed by atoms with van der Waals surface area (Å²) < 4.78 is 0. The Bertz CT molecular complexity index is 446. The maximum absolute atomic E-state index is 10.8. The van der Waals surface area contributed by atoms with Crippen molar-refractivity contribution in [2.75, 3.05) is 0 Å². The standard InChI is InChI=1S/C6H2Cl2N2O/c7-3-1-2-5(10-3)4(8)6(11)9-2/h1,10H. The minimum atomic E-state index is -0.412. The van der Waals surface area contributed by atoms with Crippen LogP contribution >= 0.6 is 23.2 Å². The second-order valence-corrected chi connectivity index (χ2v) is 2.89. The molecule has 0 unspecified atom stereocenters. The van der Waals surface area contributed by atoms with E-state index < -0.39 is 5.91 Å². The molecule has 0 aromatic carbocycles. The van der Waals surface area contributed by atoms with Crippen molar-refractivity contribution in [3.05, 3.63) is 21.9 Å². The molecule has 1 aliphatic heterocycles. The molecule has 0 atom stereocenters. The van der Waals surface area contributed by atoms with E-state index in [4.69, 9.17) is 23.2 Å². The van der Waals surface area contributed by atoms with E-state index in [1.54, 1.807) is 6.07 Å². The number of hydrogen-bond acceptors (Lipinski definition) is 1. The van der Waals surface area contributed by atoms with Crippen LogP contribution in [0.2, 0.25) is 5.15 Å². The third-order valence-electron chi connectivity index (χ3n) is 1.39. The molecular formula is C6H2Cl2N2O. The van der Waals surface area contributed by atoms with Crippen LogP contribution in [0, 0.1) is 0 Å². The highest BCUT2D eigenvalue weighted by molar-refractivity contribution is 6.61. The summed E-state index contributed by atoms with van der Waals surface area (Å²) in [6.07, 6.45) is 0. The Balaban J connectivity index is 2.95. The topological polar surface area (TPSA) is 45.2 Å². The lowest BCUT2D eigenvalue weighted by molar-refractivity contribution is -0.112. The third kappa shape index (κ3) is 0.886. The number of carbonyl (C=O) groups is 1. The van der Waals surface area contributed by atoms with Crippen LogP contribution in [-0.2, 0) is 4.79 Å². The zero-order chi connectivity index (χ0) is 8.01. The highest BCUT2D eigenvalue weighted by Crippen LogP contribution is 2.06. The average molecular weight is 189 g/mol. The number of aromatic nitrogens is 1. The fraction of sp³-hybridized carbons (Fsp3) is 0. The molecule has 2 heterocycles. The molecule has 0 bridgehead atoms. The molecule has 5 heteroatoms. The van der Waals surface area contributed by atoms with E-state index >= 15 is 0 Å². The van der Waals surface area contributed by atoms with Crippen molar-refractivity contribution in [1.29, 1.82) is 0 Å². The van der Waals surface area contributed by atoms with Gasteiger partial charge in [-0.05, 0) is 0 Å². The fourth-order valence-electron chi connectivity index (χ4n) is 0.933. The number of nitrogens with one attached hydrogen (secondary N) is 1. The number of fused-ring (bicyclic) bond motifs is 1. The zero-order valence-corrected chi connectivity index (χ0v) is 6.70. The van der Waals surface area contributed by atoms with Crippen LogP contribution < -0.4 is 10.7 Å². The molecule has 56 valence electrons. The van der Waals surface area contributed by atoms with E-state index in [0.717, 1.165) is 0 Å². The summed E-state index contributed by atoms with van der Waals surface area (Å²) in [6, 6.07) is 1.56. The van der Waals surface area contributed by atoms with Crippen LogP contribution in [0.4, 0.5) is 0 Å². The highest BCUT2D eigenvalue weighted by Gasteiger charge is 2.15. The average Bonchev–Trinajstić information content (AvgIpc) is 2.37. The number of amides is 1. The van der Waals surface area contributed by atoms with E-state index in [9.17, 15) is 4.79 Å². The number of nitrogens with zero attached hydrogens (tertiary/aromatic N) is 1. The van der Waals surface area contributed by atoms with Gasteiger partial charge in [-0.2, -0.15) is 0 Å². The summed E-state index contributed by atoms with van der Waals surface area (Å²) in [4.78, 5) is 17.2. The van der Waals surface area contributed by atoms with Gasteiger partial charge in [-0.1, -0.05) is 23.2 Å². The largest absolute Gasteiger partial charge is 0.343 e. The molecule has 1 N–H and O–H groups in total. The van der Waals surface area contributed by atoms with Gasteiger partial charge in [-0.15, -0.1) is 0 Å². The van der Waals surface area contributed by atoms with Gasteiger partial charge >= 0.3 is 0 Å². The molecule has 0 radical (unpaired) electrons. The minimum Gasteiger partial charge on any atom is -0.343 e. The van der Waals surface area contributed by atoms with Crippen molar-refractivity contribution in [2.24, 2.45) is 4.99 Å². The van der Waals surface area contributed by atoms with Crippen molar-refractivity contribution in [3.63, 3.8) is 0 Å². The Morgan fingerprint density at radius 2 is 2.18 bits per heavy atom. The SMILES string of the molecule is O=C1N=c2cc(Cl)[nH]c2=C1Cl. The van der Waals surface area contributed by atoms with E-state index in [-0.39, 0.29) is 5.03 Å². The highest BCUT2D eigenvalue weighted by atomic mass is 35.5. The first-order valence-corrected chi connectivity index (χ1v) is 3.61. The predicted molar refractivity (Wildman–Crippen MR) is 40.9 cm³/mol. The van der Waals surface area contributed by atoms with Gasteiger partial charge in [-0.25, -0.2) is 4.99 Å². The summed E-state index contributed by atoms with van der Waals surface area (Å²) >= 11 is 11.2. The molecule has 1 aromatic heterocycles. The van der Waals surface area contributed by atoms with Gasteiger partial charge in [0.1, 0.15) is 10.2 Å². The molecule has 1 amide bonds. The summed E-state index contributed by atoms with van der Waals surface area (Å²) in [5.41, 5.74) is 0. The maximum atomic E-state index is 10.8. The van der Waals surface area contributed by atoms with E-state index in [1.807, 2.05) is 0 Å². The van der Waals surface area contributed by atoms with E-state index in [2.05, 4.69) is 9.98 Å². The summed E-state index contributed by atoms with van der Waals surface area (Å²) in [5.74, 6) is -0.412. The molecule has 11 heavy (non-hydrogen) atoms. The molecule has 2 rings (SSSR count). The first-order chi connectivity index (χ1) is 5.18.